The second kappa shape index (κ2) is 9.58. The molecule has 2 heterocycles. The summed E-state index contributed by atoms with van der Waals surface area (Å²) < 4.78 is 2.01. The molecule has 0 radical (unpaired) electrons. The normalized spacial score (nSPS) is 15.8. The number of amidine groups is 1. The third kappa shape index (κ3) is 4.81. The van der Waals surface area contributed by atoms with Crippen molar-refractivity contribution in [3.05, 3.63) is 109 Å². The Kier molecular flexibility index (Phi) is 6.34. The highest BCUT2D eigenvalue weighted by molar-refractivity contribution is 8.18. The second-order valence-electron chi connectivity index (χ2n) is 7.71. The number of rotatable bonds is 5. The van der Waals surface area contributed by atoms with Crippen molar-refractivity contribution in [1.82, 2.24) is 9.88 Å². The molecule has 7 nitrogen and oxygen atoms in total. The minimum atomic E-state index is -0.404. The first-order valence-electron chi connectivity index (χ1n) is 10.4. The van der Waals surface area contributed by atoms with E-state index >= 15 is 0 Å². The maximum Gasteiger partial charge on any atom is 0.269 e. The van der Waals surface area contributed by atoms with Gasteiger partial charge >= 0.3 is 0 Å². The summed E-state index contributed by atoms with van der Waals surface area (Å²) >= 11 is 13.5. The van der Waals surface area contributed by atoms with Crippen LogP contribution in [-0.2, 0) is 11.3 Å². The average molecular weight is 523 g/mol. The second-order valence-corrected chi connectivity index (χ2v) is 9.53. The number of nitrogens with zero attached hydrogens (tertiary/aromatic N) is 3. The Morgan fingerprint density at radius 3 is 2.71 bits per heavy atom. The van der Waals surface area contributed by atoms with Crippen molar-refractivity contribution in [3.63, 3.8) is 0 Å². The first kappa shape index (κ1) is 23.2. The molecule has 1 aliphatic rings. The van der Waals surface area contributed by atoms with E-state index in [2.05, 4.69) is 10.3 Å². The van der Waals surface area contributed by atoms with E-state index in [1.165, 1.54) is 17.8 Å². The topological polar surface area (TPSA) is 89.5 Å². The quantitative estimate of drug-likeness (QED) is 0.177. The van der Waals surface area contributed by atoms with Gasteiger partial charge in [0.15, 0.2) is 5.17 Å². The Morgan fingerprint density at radius 1 is 1.09 bits per heavy atom. The van der Waals surface area contributed by atoms with E-state index in [-0.39, 0.29) is 11.6 Å². The molecule has 4 aromatic rings. The van der Waals surface area contributed by atoms with E-state index in [0.717, 1.165) is 22.0 Å². The molecule has 0 aliphatic carbocycles. The summed E-state index contributed by atoms with van der Waals surface area (Å²) in [6.45, 7) is 0.449. The van der Waals surface area contributed by atoms with Crippen LogP contribution in [0.2, 0.25) is 10.0 Å². The molecule has 0 saturated carbocycles. The number of non-ortho nitro benzene ring substituents is 1. The minimum absolute atomic E-state index is 0.0481. The van der Waals surface area contributed by atoms with E-state index in [0.29, 0.717) is 32.4 Å². The first-order chi connectivity index (χ1) is 16.9. The van der Waals surface area contributed by atoms with Crippen LogP contribution < -0.4 is 5.32 Å². The number of hydrogen-bond donors (Lipinski definition) is 1. The summed E-state index contributed by atoms with van der Waals surface area (Å²) in [5.74, 6) is -0.262. The summed E-state index contributed by atoms with van der Waals surface area (Å²) in [4.78, 5) is 28.3. The van der Waals surface area contributed by atoms with Gasteiger partial charge in [-0.25, -0.2) is 4.99 Å². The van der Waals surface area contributed by atoms with Gasteiger partial charge in [-0.15, -0.1) is 0 Å². The highest BCUT2D eigenvalue weighted by atomic mass is 35.5. The number of nitro benzene ring substituents is 1. The predicted octanol–water partition coefficient (Wildman–Crippen LogP) is 6.80. The fourth-order valence-corrected chi connectivity index (χ4v) is 4.96. The summed E-state index contributed by atoms with van der Waals surface area (Å²) in [7, 11) is 0. The van der Waals surface area contributed by atoms with Gasteiger partial charge in [-0.2, -0.15) is 0 Å². The molecule has 0 bridgehead atoms. The van der Waals surface area contributed by atoms with Crippen molar-refractivity contribution in [2.24, 2.45) is 4.99 Å². The van der Waals surface area contributed by atoms with Gasteiger partial charge < -0.3 is 9.88 Å². The largest absolute Gasteiger partial charge is 0.342 e. The number of nitrogens with one attached hydrogen (secondary N) is 1. The number of aromatic nitrogens is 1. The molecule has 35 heavy (non-hydrogen) atoms. The molecule has 10 heteroatoms. The van der Waals surface area contributed by atoms with Crippen LogP contribution in [0.15, 0.2) is 82.8 Å². The Bertz CT molecular complexity index is 1560. The van der Waals surface area contributed by atoms with Crippen LogP contribution in [0, 0.1) is 10.1 Å². The third-order valence-electron chi connectivity index (χ3n) is 5.38. The van der Waals surface area contributed by atoms with E-state index in [1.807, 2.05) is 47.2 Å². The minimum Gasteiger partial charge on any atom is -0.342 e. The van der Waals surface area contributed by atoms with E-state index < -0.39 is 4.92 Å². The molecule has 1 amide bonds. The van der Waals surface area contributed by atoms with E-state index in [1.54, 1.807) is 30.3 Å². The van der Waals surface area contributed by atoms with Gasteiger partial charge in [0.25, 0.3) is 11.6 Å². The SMILES string of the molecule is O=C1NC(=Nc2cccc(Cl)c2Cl)S/C1=C/c1cn(Cc2cccc([N+](=O)[O-])c2)c2ccccc12. The molecular formula is C25H16Cl2N4O3S. The van der Waals surface area contributed by atoms with Crippen LogP contribution in [0.5, 0.6) is 0 Å². The van der Waals surface area contributed by atoms with Crippen LogP contribution in [-0.4, -0.2) is 20.6 Å². The lowest BCUT2D eigenvalue weighted by molar-refractivity contribution is -0.384. The predicted molar refractivity (Wildman–Crippen MR) is 141 cm³/mol. The van der Waals surface area contributed by atoms with Crippen LogP contribution >= 0.6 is 35.0 Å². The van der Waals surface area contributed by atoms with Crippen LogP contribution in [0.25, 0.3) is 17.0 Å². The summed E-state index contributed by atoms with van der Waals surface area (Å²) in [6, 6.07) is 19.5. The molecule has 0 atom stereocenters. The highest BCUT2D eigenvalue weighted by Crippen LogP contribution is 2.35. The lowest BCUT2D eigenvalue weighted by Gasteiger charge is -2.05. The van der Waals surface area contributed by atoms with Crippen molar-refractivity contribution in [3.8, 4) is 0 Å². The molecule has 0 unspecified atom stereocenters. The zero-order chi connectivity index (χ0) is 24.5. The number of nitro groups is 1. The van der Waals surface area contributed by atoms with Crippen molar-refractivity contribution >= 4 is 74.4 Å². The number of hydrogen-bond acceptors (Lipinski definition) is 5. The van der Waals surface area contributed by atoms with Crippen molar-refractivity contribution in [2.45, 2.75) is 6.54 Å². The first-order valence-corrected chi connectivity index (χ1v) is 12.0. The fraction of sp³-hybridized carbons (Fsp3) is 0.0400. The van der Waals surface area contributed by atoms with Crippen LogP contribution in [0.1, 0.15) is 11.1 Å². The fourth-order valence-electron chi connectivity index (χ4n) is 3.80. The highest BCUT2D eigenvalue weighted by Gasteiger charge is 2.25. The van der Waals surface area contributed by atoms with Crippen molar-refractivity contribution < 1.29 is 9.72 Å². The molecule has 3 aromatic carbocycles. The molecule has 5 rings (SSSR count). The Labute approximate surface area is 214 Å². The van der Waals surface area contributed by atoms with E-state index in [4.69, 9.17) is 23.2 Å². The Hall–Kier alpha value is -3.59. The third-order valence-corrected chi connectivity index (χ3v) is 7.10. The van der Waals surface area contributed by atoms with Gasteiger partial charge in [-0.05, 0) is 41.6 Å². The Morgan fingerprint density at radius 2 is 1.89 bits per heavy atom. The maximum atomic E-state index is 12.7. The van der Waals surface area contributed by atoms with Crippen LogP contribution in [0.4, 0.5) is 11.4 Å². The number of carbonyl (C=O) groups excluding carboxylic acids is 1. The van der Waals surface area contributed by atoms with Crippen molar-refractivity contribution in [2.75, 3.05) is 0 Å². The van der Waals surface area contributed by atoms with Gasteiger partial charge in [0.05, 0.1) is 25.6 Å². The molecule has 1 fully saturated rings. The van der Waals surface area contributed by atoms with Gasteiger partial charge in [-0.3, -0.25) is 14.9 Å². The maximum absolute atomic E-state index is 12.7. The molecule has 1 N–H and O–H groups in total. The average Bonchev–Trinajstić information content (AvgIpc) is 3.37. The number of carbonyl (C=O) groups is 1. The van der Waals surface area contributed by atoms with Gasteiger partial charge in [0.1, 0.15) is 0 Å². The molecular weight excluding hydrogens is 507 g/mol. The zero-order valence-electron chi connectivity index (χ0n) is 17.9. The number of thioether (sulfide) groups is 1. The molecule has 1 aliphatic heterocycles. The Balaban J connectivity index is 1.48. The lowest BCUT2D eigenvalue weighted by atomic mass is 10.1. The zero-order valence-corrected chi connectivity index (χ0v) is 20.3. The summed E-state index contributed by atoms with van der Waals surface area (Å²) in [5.41, 5.74) is 3.13. The van der Waals surface area contributed by atoms with Gasteiger partial charge in [0.2, 0.25) is 0 Å². The summed E-state index contributed by atoms with van der Waals surface area (Å²) in [5, 5.41) is 16.0. The number of halogens is 2. The number of fused-ring (bicyclic) bond motifs is 1. The molecule has 1 saturated heterocycles. The monoisotopic (exact) mass is 522 g/mol. The molecule has 174 valence electrons. The van der Waals surface area contributed by atoms with E-state index in [9.17, 15) is 14.9 Å². The van der Waals surface area contributed by atoms with Crippen molar-refractivity contribution in [1.29, 1.82) is 0 Å². The van der Waals surface area contributed by atoms with Gasteiger partial charge in [-0.1, -0.05) is 59.6 Å². The smallest absolute Gasteiger partial charge is 0.269 e. The standard InChI is InChI=1S/C25H16Cl2N4O3S/c26-19-8-4-9-20(23(19)27)28-25-29-24(32)22(35-25)12-16-14-30(21-10-2-1-7-18(16)21)13-15-5-3-6-17(11-15)31(33)34/h1-12,14H,13H2,(H,28,29,32)/b22-12+. The molecule has 1 aromatic heterocycles. The lowest BCUT2D eigenvalue weighted by Crippen LogP contribution is -2.19. The summed E-state index contributed by atoms with van der Waals surface area (Å²) in [6.07, 6.45) is 3.75. The number of benzene rings is 3. The number of para-hydroxylation sites is 1. The van der Waals surface area contributed by atoms with Crippen LogP contribution in [0.3, 0.4) is 0 Å². The number of amides is 1. The number of aliphatic imine (C=N–C) groups is 1. The molecule has 0 spiro atoms. The van der Waals surface area contributed by atoms with Gasteiger partial charge in [0, 0.05) is 41.3 Å².